The molecule has 0 spiro atoms. The Kier molecular flexibility index (Phi) is 3.17. The van der Waals surface area contributed by atoms with Crippen molar-refractivity contribution in [3.63, 3.8) is 0 Å². The van der Waals surface area contributed by atoms with Crippen molar-refractivity contribution in [1.82, 2.24) is 0 Å². The molecule has 0 aromatic carbocycles. The summed E-state index contributed by atoms with van der Waals surface area (Å²) in [5.74, 6) is -1.80. The van der Waals surface area contributed by atoms with Gasteiger partial charge in [-0.2, -0.15) is 0 Å². The summed E-state index contributed by atoms with van der Waals surface area (Å²) in [5, 5.41) is 20.7. The Morgan fingerprint density at radius 1 is 1.36 bits per heavy atom. The van der Waals surface area contributed by atoms with Gasteiger partial charge in [0.05, 0.1) is 21.1 Å². The van der Waals surface area contributed by atoms with Gasteiger partial charge in [0.25, 0.3) is 0 Å². The number of hydrogen-bond acceptors (Lipinski definition) is 3. The highest BCUT2D eigenvalue weighted by molar-refractivity contribution is 5.68. The Morgan fingerprint density at radius 3 is 2.36 bits per heavy atom. The number of likely N-dealkylation sites (N-methyl/N-ethyl adjacent to an activating group) is 1. The van der Waals surface area contributed by atoms with E-state index in [0.29, 0.717) is 10.9 Å². The monoisotopic (exact) mass is 201 g/mol. The Hall–Kier alpha value is -0.610. The third kappa shape index (κ3) is 2.25. The van der Waals surface area contributed by atoms with Gasteiger partial charge in [0, 0.05) is 18.3 Å². The van der Waals surface area contributed by atoms with Gasteiger partial charge >= 0.3 is 0 Å². The van der Waals surface area contributed by atoms with Gasteiger partial charge in [0.2, 0.25) is 0 Å². The van der Waals surface area contributed by atoms with E-state index in [1.807, 2.05) is 21.1 Å². The number of quaternary nitrogens is 1. The third-order valence-electron chi connectivity index (χ3n) is 3.12. The molecule has 1 N–H and O–H groups in total. The molecule has 4 heteroatoms. The van der Waals surface area contributed by atoms with Crippen molar-refractivity contribution < 1.29 is 19.5 Å². The van der Waals surface area contributed by atoms with E-state index in [-0.39, 0.29) is 6.04 Å². The van der Waals surface area contributed by atoms with Crippen molar-refractivity contribution >= 4 is 5.97 Å². The molecule has 1 fully saturated rings. The summed E-state index contributed by atoms with van der Waals surface area (Å²) in [6, 6.07) is 0.00616. The van der Waals surface area contributed by atoms with Crippen LogP contribution in [0, 0.1) is 5.92 Å². The summed E-state index contributed by atoms with van der Waals surface area (Å²) >= 11 is 0. The van der Waals surface area contributed by atoms with Crippen LogP contribution in [-0.2, 0) is 4.79 Å². The Morgan fingerprint density at radius 2 is 1.93 bits per heavy atom. The number of aliphatic hydroxyl groups is 1. The van der Waals surface area contributed by atoms with Crippen LogP contribution >= 0.6 is 0 Å². The third-order valence-corrected chi connectivity index (χ3v) is 3.12. The minimum atomic E-state index is -1.12. The molecule has 14 heavy (non-hydrogen) atoms. The van der Waals surface area contributed by atoms with Gasteiger partial charge in [-0.25, -0.2) is 0 Å². The minimum Gasteiger partial charge on any atom is -0.550 e. The first-order chi connectivity index (χ1) is 6.34. The van der Waals surface area contributed by atoms with Crippen LogP contribution in [0.1, 0.15) is 19.3 Å². The summed E-state index contributed by atoms with van der Waals surface area (Å²) in [6.07, 6.45) is 1.51. The van der Waals surface area contributed by atoms with Gasteiger partial charge in [-0.3, -0.25) is 0 Å². The Bertz CT molecular complexity index is 222. The number of carboxylic acid groups (broad SMARTS) is 1. The summed E-state index contributed by atoms with van der Waals surface area (Å²) in [6.45, 7) is 0. The van der Waals surface area contributed by atoms with E-state index in [4.69, 9.17) is 0 Å². The molecule has 4 nitrogen and oxygen atoms in total. The molecule has 0 radical (unpaired) electrons. The second kappa shape index (κ2) is 3.87. The van der Waals surface area contributed by atoms with Crippen LogP contribution in [0.5, 0.6) is 0 Å². The normalized spacial score (nSPS) is 34.1. The highest BCUT2D eigenvalue weighted by atomic mass is 16.4. The smallest absolute Gasteiger partial charge is 0.115 e. The van der Waals surface area contributed by atoms with Gasteiger partial charge in [0.15, 0.2) is 0 Å². The Balaban J connectivity index is 2.76. The predicted molar refractivity (Wildman–Crippen MR) is 50.2 cm³/mol. The van der Waals surface area contributed by atoms with Crippen molar-refractivity contribution in [2.24, 2.45) is 5.92 Å². The number of carboxylic acids is 1. The minimum absolute atomic E-state index is 0.00616. The Labute approximate surface area is 84.7 Å². The van der Waals surface area contributed by atoms with Crippen molar-refractivity contribution in [3.8, 4) is 0 Å². The largest absolute Gasteiger partial charge is 0.550 e. The molecule has 0 saturated heterocycles. The van der Waals surface area contributed by atoms with Crippen LogP contribution in [0.4, 0.5) is 0 Å². The molecule has 1 aliphatic rings. The van der Waals surface area contributed by atoms with Crippen LogP contribution in [0.25, 0.3) is 0 Å². The number of aliphatic carboxylic acids is 1. The average Bonchev–Trinajstić information content (AvgIpc) is 2.01. The van der Waals surface area contributed by atoms with Crippen LogP contribution in [-0.4, -0.2) is 48.8 Å². The zero-order valence-corrected chi connectivity index (χ0v) is 9.06. The number of nitrogens with zero attached hydrogens (tertiary/aromatic N) is 1. The summed E-state index contributed by atoms with van der Waals surface area (Å²) in [4.78, 5) is 10.8. The average molecular weight is 201 g/mol. The zero-order chi connectivity index (χ0) is 10.9. The summed E-state index contributed by atoms with van der Waals surface area (Å²) < 4.78 is 0.602. The maximum absolute atomic E-state index is 10.8. The van der Waals surface area contributed by atoms with E-state index in [2.05, 4.69) is 0 Å². The number of hydrogen-bond donors (Lipinski definition) is 1. The molecule has 3 atom stereocenters. The second-order valence-electron chi connectivity index (χ2n) is 5.03. The molecule has 0 heterocycles. The first-order valence-corrected chi connectivity index (χ1v) is 5.04. The van der Waals surface area contributed by atoms with E-state index >= 15 is 0 Å². The van der Waals surface area contributed by atoms with Gasteiger partial charge in [-0.15, -0.1) is 0 Å². The first kappa shape index (κ1) is 11.5. The molecular weight excluding hydrogens is 182 g/mol. The highest BCUT2D eigenvalue weighted by Gasteiger charge is 2.39. The van der Waals surface area contributed by atoms with Gasteiger partial charge in [0.1, 0.15) is 12.1 Å². The lowest BCUT2D eigenvalue weighted by atomic mass is 9.82. The standard InChI is InChI=1S/C10H19NO3/c1-11(2,3)8-6-4-5-7(9(8)12)10(13)14/h7-9,12H,4-6H2,1-3H3/t7-,8-,9+/m0/s1. The zero-order valence-electron chi connectivity index (χ0n) is 9.06. The van der Waals surface area contributed by atoms with E-state index < -0.39 is 18.0 Å². The lowest BCUT2D eigenvalue weighted by molar-refractivity contribution is -0.901. The molecule has 0 aliphatic heterocycles. The van der Waals surface area contributed by atoms with Gasteiger partial charge < -0.3 is 19.5 Å². The molecular formula is C10H19NO3. The second-order valence-corrected chi connectivity index (χ2v) is 5.03. The number of aliphatic hydroxyl groups excluding tert-OH is 1. The van der Waals surface area contributed by atoms with Crippen molar-refractivity contribution in [3.05, 3.63) is 0 Å². The SMILES string of the molecule is C[N+](C)(C)[C@H]1CCC[C@H](C(=O)[O-])[C@H]1O. The fourth-order valence-corrected chi connectivity index (χ4v) is 2.26. The fraction of sp³-hybridized carbons (Fsp3) is 0.900. The van der Waals surface area contributed by atoms with Crippen molar-refractivity contribution in [2.75, 3.05) is 21.1 Å². The molecule has 0 unspecified atom stereocenters. The highest BCUT2D eigenvalue weighted by Crippen LogP contribution is 2.29. The molecule has 1 saturated carbocycles. The van der Waals surface area contributed by atoms with Crippen LogP contribution in [0.15, 0.2) is 0 Å². The molecule has 0 bridgehead atoms. The predicted octanol–water partition coefficient (Wildman–Crippen LogP) is -1.03. The topological polar surface area (TPSA) is 60.4 Å². The van der Waals surface area contributed by atoms with E-state index in [9.17, 15) is 15.0 Å². The van der Waals surface area contributed by atoms with Crippen molar-refractivity contribution in [1.29, 1.82) is 0 Å². The molecule has 0 amide bonds. The number of carbonyl (C=O) groups excluding carboxylic acids is 1. The molecule has 0 aromatic heterocycles. The number of carbonyl (C=O) groups is 1. The lowest BCUT2D eigenvalue weighted by Crippen LogP contribution is -2.58. The first-order valence-electron chi connectivity index (χ1n) is 5.04. The van der Waals surface area contributed by atoms with Crippen LogP contribution in [0.3, 0.4) is 0 Å². The van der Waals surface area contributed by atoms with Crippen LogP contribution < -0.4 is 5.11 Å². The quantitative estimate of drug-likeness (QED) is 0.581. The van der Waals surface area contributed by atoms with E-state index in [0.717, 1.165) is 12.8 Å². The van der Waals surface area contributed by atoms with E-state index in [1.165, 1.54) is 0 Å². The summed E-state index contributed by atoms with van der Waals surface area (Å²) in [7, 11) is 5.93. The molecule has 0 aromatic rings. The summed E-state index contributed by atoms with van der Waals surface area (Å²) in [5.41, 5.74) is 0. The molecule has 1 aliphatic carbocycles. The van der Waals surface area contributed by atoms with Gasteiger partial charge in [-0.05, 0) is 12.8 Å². The molecule has 82 valence electrons. The van der Waals surface area contributed by atoms with E-state index in [1.54, 1.807) is 0 Å². The fourth-order valence-electron chi connectivity index (χ4n) is 2.26. The number of rotatable bonds is 2. The van der Waals surface area contributed by atoms with Crippen LogP contribution in [0.2, 0.25) is 0 Å². The lowest BCUT2D eigenvalue weighted by Gasteiger charge is -2.43. The molecule has 1 rings (SSSR count). The maximum atomic E-state index is 10.8. The van der Waals surface area contributed by atoms with Crippen molar-refractivity contribution in [2.45, 2.75) is 31.4 Å². The van der Waals surface area contributed by atoms with Gasteiger partial charge in [-0.1, -0.05) is 0 Å². The maximum Gasteiger partial charge on any atom is 0.115 e.